The van der Waals surface area contributed by atoms with Crippen LogP contribution < -0.4 is 21.5 Å². The van der Waals surface area contributed by atoms with Crippen molar-refractivity contribution in [1.82, 2.24) is 44.2 Å². The highest BCUT2D eigenvalue weighted by Crippen LogP contribution is 2.25. The van der Waals surface area contributed by atoms with Crippen LogP contribution in [0.25, 0.3) is 11.5 Å². The molecule has 0 saturated carbocycles. The minimum absolute atomic E-state index is 0.241. The SMILES string of the molecule is CNc1cc(Nc2cccn(-c3ccccn3)c2=O)nc2c(C(=O)NC3CCn4ncnc43)cnn12. The van der Waals surface area contributed by atoms with E-state index in [1.165, 1.54) is 21.6 Å². The van der Waals surface area contributed by atoms with E-state index in [-0.39, 0.29) is 17.5 Å². The van der Waals surface area contributed by atoms with Crippen LogP contribution in [0.3, 0.4) is 0 Å². The molecular formula is C23H21N11O2. The highest BCUT2D eigenvalue weighted by molar-refractivity contribution is 6.00. The van der Waals surface area contributed by atoms with Gasteiger partial charge in [0.15, 0.2) is 5.65 Å². The number of nitrogens with one attached hydrogen (secondary N) is 3. The molecule has 1 amide bonds. The Balaban J connectivity index is 1.34. The standard InChI is InChI=1S/C23H21N11O2/c1-24-19-11-17(29-16-5-4-9-32(23(16)36)18-6-2-3-8-25-18)31-20-14(12-27-34(19)20)22(35)30-15-7-10-33-21(15)26-13-28-33/h2-6,8-9,11-13,15,24H,7,10H2,1H3,(H,29,31)(H,30,35). The van der Waals surface area contributed by atoms with E-state index < -0.39 is 0 Å². The topological polar surface area (TPSA) is 149 Å². The molecule has 5 aromatic rings. The Labute approximate surface area is 203 Å². The Kier molecular flexibility index (Phi) is 5.13. The van der Waals surface area contributed by atoms with Gasteiger partial charge < -0.3 is 16.0 Å². The van der Waals surface area contributed by atoms with Gasteiger partial charge in [0.25, 0.3) is 11.5 Å². The van der Waals surface area contributed by atoms with Crippen molar-refractivity contribution in [2.45, 2.75) is 19.0 Å². The summed E-state index contributed by atoms with van der Waals surface area (Å²) in [5.74, 6) is 1.86. The highest BCUT2D eigenvalue weighted by Gasteiger charge is 2.28. The molecule has 6 heterocycles. The molecule has 180 valence electrons. The third-order valence-electron chi connectivity index (χ3n) is 5.97. The predicted molar refractivity (Wildman–Crippen MR) is 130 cm³/mol. The van der Waals surface area contributed by atoms with Crippen molar-refractivity contribution in [1.29, 1.82) is 0 Å². The number of carbonyl (C=O) groups is 1. The van der Waals surface area contributed by atoms with Crippen LogP contribution in [-0.4, -0.2) is 51.9 Å². The molecule has 36 heavy (non-hydrogen) atoms. The fourth-order valence-electron chi connectivity index (χ4n) is 4.24. The Morgan fingerprint density at radius 2 is 2.06 bits per heavy atom. The molecule has 3 N–H and O–H groups in total. The molecule has 1 aliphatic rings. The lowest BCUT2D eigenvalue weighted by atomic mass is 10.2. The van der Waals surface area contributed by atoms with Crippen LogP contribution in [0.5, 0.6) is 0 Å². The number of aromatic nitrogens is 8. The van der Waals surface area contributed by atoms with Crippen LogP contribution in [-0.2, 0) is 6.54 Å². The van der Waals surface area contributed by atoms with Gasteiger partial charge in [-0.25, -0.2) is 19.6 Å². The van der Waals surface area contributed by atoms with Crippen LogP contribution in [0.1, 0.15) is 28.6 Å². The van der Waals surface area contributed by atoms with E-state index in [9.17, 15) is 9.59 Å². The summed E-state index contributed by atoms with van der Waals surface area (Å²) in [6.45, 7) is 0.693. The molecule has 1 aliphatic heterocycles. The zero-order valence-electron chi connectivity index (χ0n) is 19.2. The molecule has 1 unspecified atom stereocenters. The van der Waals surface area contributed by atoms with E-state index in [0.29, 0.717) is 47.3 Å². The molecule has 0 fully saturated rings. The molecule has 6 rings (SSSR count). The number of pyridine rings is 2. The number of hydrogen-bond donors (Lipinski definition) is 3. The molecule has 0 radical (unpaired) electrons. The second kappa shape index (κ2) is 8.61. The summed E-state index contributed by atoms with van der Waals surface area (Å²) < 4.78 is 4.75. The average molecular weight is 483 g/mol. The molecule has 0 aliphatic carbocycles. The third kappa shape index (κ3) is 3.62. The fraction of sp³-hybridized carbons (Fsp3) is 0.174. The molecule has 0 spiro atoms. The number of rotatable bonds is 6. The normalized spacial score (nSPS) is 14.5. The summed E-state index contributed by atoms with van der Waals surface area (Å²) >= 11 is 0. The maximum absolute atomic E-state index is 13.2. The van der Waals surface area contributed by atoms with E-state index in [1.54, 1.807) is 54.5 Å². The smallest absolute Gasteiger partial charge is 0.279 e. The third-order valence-corrected chi connectivity index (χ3v) is 5.97. The summed E-state index contributed by atoms with van der Waals surface area (Å²) in [6.07, 6.45) is 6.93. The molecule has 1 atom stereocenters. The van der Waals surface area contributed by atoms with E-state index in [0.717, 1.165) is 5.82 Å². The van der Waals surface area contributed by atoms with Crippen molar-refractivity contribution >= 4 is 28.9 Å². The lowest BCUT2D eigenvalue weighted by Crippen LogP contribution is -2.27. The van der Waals surface area contributed by atoms with E-state index >= 15 is 0 Å². The lowest BCUT2D eigenvalue weighted by Gasteiger charge is -2.12. The second-order valence-electron chi connectivity index (χ2n) is 8.14. The average Bonchev–Trinajstić information content (AvgIpc) is 3.63. The Hall–Kier alpha value is -5.07. The second-order valence-corrected chi connectivity index (χ2v) is 8.14. The van der Waals surface area contributed by atoms with Crippen molar-refractivity contribution < 1.29 is 4.79 Å². The number of fused-ring (bicyclic) bond motifs is 2. The summed E-state index contributed by atoms with van der Waals surface area (Å²) in [4.78, 5) is 39.4. The maximum Gasteiger partial charge on any atom is 0.279 e. The molecule has 0 aromatic carbocycles. The summed E-state index contributed by atoms with van der Waals surface area (Å²) in [6, 6.07) is 10.2. The largest absolute Gasteiger partial charge is 0.373 e. The van der Waals surface area contributed by atoms with Crippen LogP contribution in [0.15, 0.2) is 66.1 Å². The monoisotopic (exact) mass is 483 g/mol. The number of nitrogens with zero attached hydrogens (tertiary/aromatic N) is 8. The first-order valence-electron chi connectivity index (χ1n) is 11.3. The van der Waals surface area contributed by atoms with Gasteiger partial charge in [0, 0.05) is 32.1 Å². The van der Waals surface area contributed by atoms with Crippen LogP contribution in [0.4, 0.5) is 17.3 Å². The van der Waals surface area contributed by atoms with Gasteiger partial charge in [0.1, 0.15) is 40.9 Å². The van der Waals surface area contributed by atoms with Crippen molar-refractivity contribution in [2.75, 3.05) is 17.7 Å². The lowest BCUT2D eigenvalue weighted by molar-refractivity contribution is 0.0937. The van der Waals surface area contributed by atoms with Gasteiger partial charge >= 0.3 is 0 Å². The minimum Gasteiger partial charge on any atom is -0.373 e. The summed E-state index contributed by atoms with van der Waals surface area (Å²) in [5.41, 5.74) is 0.646. The number of aryl methyl sites for hydroxylation is 1. The van der Waals surface area contributed by atoms with Gasteiger partial charge in [-0.15, -0.1) is 0 Å². The first kappa shape index (κ1) is 21.5. The molecule has 0 saturated heterocycles. The fourth-order valence-corrected chi connectivity index (χ4v) is 4.24. The molecule has 13 heteroatoms. The number of amides is 1. The Morgan fingerprint density at radius 3 is 2.89 bits per heavy atom. The Morgan fingerprint density at radius 1 is 1.14 bits per heavy atom. The van der Waals surface area contributed by atoms with Crippen LogP contribution >= 0.6 is 0 Å². The van der Waals surface area contributed by atoms with Crippen molar-refractivity contribution in [3.8, 4) is 5.82 Å². The number of hydrogen-bond acceptors (Lipinski definition) is 9. The predicted octanol–water partition coefficient (Wildman–Crippen LogP) is 1.53. The van der Waals surface area contributed by atoms with E-state index in [2.05, 4.69) is 41.1 Å². The highest BCUT2D eigenvalue weighted by atomic mass is 16.2. The first-order valence-corrected chi connectivity index (χ1v) is 11.3. The van der Waals surface area contributed by atoms with E-state index in [4.69, 9.17) is 0 Å². The molecular weight excluding hydrogens is 462 g/mol. The van der Waals surface area contributed by atoms with Gasteiger partial charge in [0.05, 0.1) is 12.2 Å². The first-order chi connectivity index (χ1) is 17.6. The van der Waals surface area contributed by atoms with Gasteiger partial charge in [-0.3, -0.25) is 14.2 Å². The summed E-state index contributed by atoms with van der Waals surface area (Å²) in [5, 5.41) is 17.6. The molecule has 13 nitrogen and oxygen atoms in total. The van der Waals surface area contributed by atoms with Crippen LogP contribution in [0, 0.1) is 0 Å². The quantitative estimate of drug-likeness (QED) is 0.327. The van der Waals surface area contributed by atoms with Gasteiger partial charge in [-0.2, -0.15) is 14.7 Å². The molecule has 0 bridgehead atoms. The number of anilines is 3. The minimum atomic E-state index is -0.324. The number of carbonyl (C=O) groups excluding carboxylic acids is 1. The maximum atomic E-state index is 13.2. The van der Waals surface area contributed by atoms with Crippen molar-refractivity contribution in [3.63, 3.8) is 0 Å². The summed E-state index contributed by atoms with van der Waals surface area (Å²) in [7, 11) is 1.74. The van der Waals surface area contributed by atoms with Crippen molar-refractivity contribution in [3.05, 3.63) is 83.1 Å². The Bertz CT molecular complexity index is 1640. The molecule has 5 aromatic heterocycles. The van der Waals surface area contributed by atoms with Crippen LogP contribution in [0.2, 0.25) is 0 Å². The van der Waals surface area contributed by atoms with Crippen molar-refractivity contribution in [2.24, 2.45) is 0 Å². The van der Waals surface area contributed by atoms with Gasteiger partial charge in [-0.05, 0) is 30.7 Å². The van der Waals surface area contributed by atoms with E-state index in [1.807, 2.05) is 6.07 Å². The van der Waals surface area contributed by atoms with Gasteiger partial charge in [0.2, 0.25) is 0 Å². The zero-order chi connectivity index (χ0) is 24.6. The van der Waals surface area contributed by atoms with Gasteiger partial charge in [-0.1, -0.05) is 6.07 Å². The zero-order valence-corrected chi connectivity index (χ0v) is 19.2.